The molecule has 1 aromatic carbocycles. The van der Waals surface area contributed by atoms with Crippen molar-refractivity contribution < 1.29 is 9.31 Å². The first kappa shape index (κ1) is 10.9. The standard InChI is InChI=1S/C9H8ClFNO2/c1-6(5-11)7-3-2-4-8(10)9(7)12(13)14/h2-4H,5H2,1H3. The minimum Gasteiger partial charge on any atom is -0.258 e. The van der Waals surface area contributed by atoms with Crippen molar-refractivity contribution in [3.05, 3.63) is 44.8 Å². The molecule has 0 bridgehead atoms. The Bertz CT molecular complexity index is 357. The Labute approximate surface area is 85.6 Å². The van der Waals surface area contributed by atoms with Crippen LogP contribution in [0.3, 0.4) is 0 Å². The number of hydrogen-bond donors (Lipinski definition) is 0. The van der Waals surface area contributed by atoms with Gasteiger partial charge in [-0.05, 0) is 6.07 Å². The number of hydrogen-bond acceptors (Lipinski definition) is 2. The van der Waals surface area contributed by atoms with Crippen LogP contribution in [0.1, 0.15) is 12.5 Å². The summed E-state index contributed by atoms with van der Waals surface area (Å²) in [7, 11) is 0. The van der Waals surface area contributed by atoms with Gasteiger partial charge in [-0.2, -0.15) is 0 Å². The molecule has 0 N–H and O–H groups in total. The van der Waals surface area contributed by atoms with Gasteiger partial charge in [0.25, 0.3) is 5.69 Å². The van der Waals surface area contributed by atoms with E-state index in [9.17, 15) is 14.5 Å². The number of alkyl halides is 1. The van der Waals surface area contributed by atoms with Crippen molar-refractivity contribution in [1.82, 2.24) is 0 Å². The molecule has 5 heteroatoms. The fraction of sp³-hybridized carbons (Fsp3) is 0.222. The monoisotopic (exact) mass is 216 g/mol. The number of para-hydroxylation sites is 1. The zero-order valence-electron chi connectivity index (χ0n) is 7.46. The van der Waals surface area contributed by atoms with E-state index in [2.05, 4.69) is 0 Å². The second-order valence-corrected chi connectivity index (χ2v) is 3.21. The fourth-order valence-corrected chi connectivity index (χ4v) is 1.36. The molecule has 75 valence electrons. The highest BCUT2D eigenvalue weighted by molar-refractivity contribution is 6.32. The summed E-state index contributed by atoms with van der Waals surface area (Å²) in [5.74, 6) is 0.305. The van der Waals surface area contributed by atoms with Crippen molar-refractivity contribution in [2.45, 2.75) is 6.92 Å². The Morgan fingerprint density at radius 2 is 2.29 bits per heavy atom. The van der Waals surface area contributed by atoms with Crippen LogP contribution >= 0.6 is 11.6 Å². The maximum absolute atomic E-state index is 12.3. The molecule has 0 atom stereocenters. The lowest BCUT2D eigenvalue weighted by molar-refractivity contribution is -0.385. The largest absolute Gasteiger partial charge is 0.291 e. The van der Waals surface area contributed by atoms with E-state index in [0.29, 0.717) is 5.92 Å². The van der Waals surface area contributed by atoms with Crippen molar-refractivity contribution in [3.8, 4) is 0 Å². The van der Waals surface area contributed by atoms with Crippen LogP contribution in [0.2, 0.25) is 5.02 Å². The van der Waals surface area contributed by atoms with Gasteiger partial charge in [0, 0.05) is 11.5 Å². The summed E-state index contributed by atoms with van der Waals surface area (Å²) in [6.45, 7) is 0.778. The van der Waals surface area contributed by atoms with Gasteiger partial charge in [-0.1, -0.05) is 30.7 Å². The van der Waals surface area contributed by atoms with Gasteiger partial charge in [0.2, 0.25) is 0 Å². The number of nitro groups is 1. The normalized spacial score (nSPS) is 10.6. The molecule has 0 saturated carbocycles. The molecular weight excluding hydrogens is 209 g/mol. The molecule has 0 fully saturated rings. The van der Waals surface area contributed by atoms with E-state index in [0.717, 1.165) is 0 Å². The molecular formula is C9H8ClFNO2. The average Bonchev–Trinajstić information content (AvgIpc) is 2.15. The van der Waals surface area contributed by atoms with Crippen LogP contribution in [0.5, 0.6) is 0 Å². The quantitative estimate of drug-likeness (QED) is 0.575. The van der Waals surface area contributed by atoms with E-state index in [1.807, 2.05) is 0 Å². The van der Waals surface area contributed by atoms with Crippen LogP contribution in [0, 0.1) is 16.0 Å². The van der Waals surface area contributed by atoms with Crippen molar-refractivity contribution >= 4 is 17.3 Å². The maximum Gasteiger partial charge on any atom is 0.291 e. The highest BCUT2D eigenvalue weighted by Crippen LogP contribution is 2.32. The number of rotatable bonds is 3. The molecule has 1 aromatic rings. The second kappa shape index (κ2) is 4.37. The second-order valence-electron chi connectivity index (χ2n) is 2.81. The molecule has 0 amide bonds. The first-order valence-electron chi connectivity index (χ1n) is 3.89. The molecule has 1 rings (SSSR count). The molecule has 14 heavy (non-hydrogen) atoms. The first-order chi connectivity index (χ1) is 6.57. The minimum atomic E-state index is -0.721. The smallest absolute Gasteiger partial charge is 0.258 e. The molecule has 3 nitrogen and oxygen atoms in total. The van der Waals surface area contributed by atoms with Gasteiger partial charge in [-0.25, -0.2) is 0 Å². The van der Waals surface area contributed by atoms with Gasteiger partial charge in [-0.3, -0.25) is 14.5 Å². The van der Waals surface area contributed by atoms with E-state index >= 15 is 0 Å². The molecule has 0 heterocycles. The number of halogens is 2. The van der Waals surface area contributed by atoms with Crippen molar-refractivity contribution in [3.63, 3.8) is 0 Å². The van der Waals surface area contributed by atoms with Gasteiger partial charge in [0.15, 0.2) is 0 Å². The third-order valence-electron chi connectivity index (χ3n) is 1.83. The summed E-state index contributed by atoms with van der Waals surface area (Å²) in [5, 5.41) is 10.7. The number of nitrogens with zero attached hydrogens (tertiary/aromatic N) is 1. The van der Waals surface area contributed by atoms with E-state index in [-0.39, 0.29) is 16.3 Å². The molecule has 0 spiro atoms. The van der Waals surface area contributed by atoms with Crippen LogP contribution in [0.15, 0.2) is 18.2 Å². The zero-order valence-corrected chi connectivity index (χ0v) is 8.21. The Hall–Kier alpha value is -1.16. The Balaban J connectivity index is 3.28. The first-order valence-corrected chi connectivity index (χ1v) is 4.27. The Kier molecular flexibility index (Phi) is 3.41. The third kappa shape index (κ3) is 2.01. The van der Waals surface area contributed by atoms with Crippen molar-refractivity contribution in [2.75, 3.05) is 6.67 Å². The Morgan fingerprint density at radius 1 is 1.64 bits per heavy atom. The summed E-state index contributed by atoms with van der Waals surface area (Å²) in [6.07, 6.45) is 0. The zero-order chi connectivity index (χ0) is 10.7. The SMILES string of the molecule is C[C](CF)c1cccc(Cl)c1[N+](=O)[O-]. The molecule has 0 aliphatic rings. The van der Waals surface area contributed by atoms with Crippen LogP contribution in [-0.4, -0.2) is 11.6 Å². The fourth-order valence-electron chi connectivity index (χ4n) is 1.12. The lowest BCUT2D eigenvalue weighted by Crippen LogP contribution is -2.02. The maximum atomic E-state index is 12.3. The highest BCUT2D eigenvalue weighted by Gasteiger charge is 2.22. The van der Waals surface area contributed by atoms with Crippen LogP contribution in [0.25, 0.3) is 0 Å². The summed E-state index contributed by atoms with van der Waals surface area (Å²) >= 11 is 5.65. The average molecular weight is 217 g/mol. The Morgan fingerprint density at radius 3 is 2.79 bits per heavy atom. The van der Waals surface area contributed by atoms with E-state index in [4.69, 9.17) is 11.6 Å². The highest BCUT2D eigenvalue weighted by atomic mass is 35.5. The molecule has 0 aromatic heterocycles. The van der Waals surface area contributed by atoms with E-state index in [1.54, 1.807) is 6.07 Å². The lowest BCUT2D eigenvalue weighted by Gasteiger charge is -2.07. The molecule has 0 unspecified atom stereocenters. The molecule has 0 saturated heterocycles. The summed E-state index contributed by atoms with van der Waals surface area (Å²) < 4.78 is 12.3. The lowest BCUT2D eigenvalue weighted by atomic mass is 10.0. The van der Waals surface area contributed by atoms with Crippen LogP contribution < -0.4 is 0 Å². The topological polar surface area (TPSA) is 43.1 Å². The van der Waals surface area contributed by atoms with Crippen LogP contribution in [-0.2, 0) is 0 Å². The van der Waals surface area contributed by atoms with Gasteiger partial charge in [0.1, 0.15) is 5.02 Å². The summed E-state index contributed by atoms with van der Waals surface area (Å²) in [4.78, 5) is 10.0. The van der Waals surface area contributed by atoms with Gasteiger partial charge in [0.05, 0.1) is 11.6 Å². The number of nitro benzene ring substituents is 1. The number of benzene rings is 1. The molecule has 1 radical (unpaired) electrons. The predicted molar refractivity (Wildman–Crippen MR) is 52.1 cm³/mol. The van der Waals surface area contributed by atoms with Crippen molar-refractivity contribution in [2.24, 2.45) is 0 Å². The van der Waals surface area contributed by atoms with Gasteiger partial charge in [-0.15, -0.1) is 0 Å². The summed E-state index contributed by atoms with van der Waals surface area (Å²) in [6, 6.07) is 4.46. The van der Waals surface area contributed by atoms with Gasteiger partial charge >= 0.3 is 0 Å². The van der Waals surface area contributed by atoms with Gasteiger partial charge < -0.3 is 0 Å². The third-order valence-corrected chi connectivity index (χ3v) is 2.13. The van der Waals surface area contributed by atoms with Crippen LogP contribution in [0.4, 0.5) is 10.1 Å². The van der Waals surface area contributed by atoms with E-state index < -0.39 is 11.6 Å². The molecule has 0 aliphatic carbocycles. The predicted octanol–water partition coefficient (Wildman–Crippen LogP) is 3.16. The summed E-state index contributed by atoms with van der Waals surface area (Å²) in [5.41, 5.74) is 0.0225. The van der Waals surface area contributed by atoms with E-state index in [1.165, 1.54) is 19.1 Å². The minimum absolute atomic E-state index is 0.0281. The molecule has 0 aliphatic heterocycles. The van der Waals surface area contributed by atoms with Crippen molar-refractivity contribution in [1.29, 1.82) is 0 Å².